The minimum Gasteiger partial charge on any atom is -0.383 e. The minimum absolute atomic E-state index is 0.126. The molecule has 20 heavy (non-hydrogen) atoms. The molecule has 1 saturated carbocycles. The predicted molar refractivity (Wildman–Crippen MR) is 79.5 cm³/mol. The lowest BCUT2D eigenvalue weighted by Gasteiger charge is -2.36. The van der Waals surface area contributed by atoms with Crippen molar-refractivity contribution in [2.75, 3.05) is 40.4 Å². The molecule has 0 heterocycles. The summed E-state index contributed by atoms with van der Waals surface area (Å²) < 4.78 is 18.2. The van der Waals surface area contributed by atoms with E-state index in [-0.39, 0.29) is 5.82 Å². The van der Waals surface area contributed by atoms with Crippen molar-refractivity contribution in [1.82, 2.24) is 10.2 Å². The van der Waals surface area contributed by atoms with E-state index < -0.39 is 0 Å². The largest absolute Gasteiger partial charge is 0.383 e. The molecule has 0 amide bonds. The van der Waals surface area contributed by atoms with Crippen LogP contribution in [0.15, 0.2) is 24.3 Å². The van der Waals surface area contributed by atoms with Gasteiger partial charge in [-0.2, -0.15) is 0 Å². The molecule has 1 fully saturated rings. The fourth-order valence-electron chi connectivity index (χ4n) is 2.64. The first-order chi connectivity index (χ1) is 9.69. The molecule has 112 valence electrons. The Morgan fingerprint density at radius 1 is 1.35 bits per heavy atom. The number of nitrogens with zero attached hydrogens (tertiary/aromatic N) is 1. The van der Waals surface area contributed by atoms with Gasteiger partial charge in [0.05, 0.1) is 6.61 Å². The van der Waals surface area contributed by atoms with Crippen molar-refractivity contribution in [3.05, 3.63) is 35.6 Å². The SMILES string of the molecule is COCCN(C)CCNC1CC(c2cccc(F)c2)C1. The first-order valence-electron chi connectivity index (χ1n) is 7.35. The maximum absolute atomic E-state index is 13.1. The molecular weight excluding hydrogens is 255 g/mol. The summed E-state index contributed by atoms with van der Waals surface area (Å²) >= 11 is 0. The third-order valence-electron chi connectivity index (χ3n) is 4.06. The summed E-state index contributed by atoms with van der Waals surface area (Å²) in [6.07, 6.45) is 2.23. The number of halogens is 1. The van der Waals surface area contributed by atoms with Gasteiger partial charge in [-0.1, -0.05) is 12.1 Å². The van der Waals surface area contributed by atoms with E-state index in [0.29, 0.717) is 12.0 Å². The van der Waals surface area contributed by atoms with Crippen molar-refractivity contribution >= 4 is 0 Å². The summed E-state index contributed by atoms with van der Waals surface area (Å²) in [4.78, 5) is 2.26. The monoisotopic (exact) mass is 280 g/mol. The van der Waals surface area contributed by atoms with Crippen LogP contribution in [0.4, 0.5) is 4.39 Å². The molecule has 1 aromatic carbocycles. The summed E-state index contributed by atoms with van der Waals surface area (Å²) in [6.45, 7) is 3.78. The second-order valence-corrected chi connectivity index (χ2v) is 5.67. The molecule has 0 saturated heterocycles. The molecular formula is C16H25FN2O. The van der Waals surface area contributed by atoms with Crippen LogP contribution in [0, 0.1) is 5.82 Å². The Balaban J connectivity index is 1.60. The van der Waals surface area contributed by atoms with E-state index in [0.717, 1.165) is 44.6 Å². The van der Waals surface area contributed by atoms with Gasteiger partial charge >= 0.3 is 0 Å². The first-order valence-corrected chi connectivity index (χ1v) is 7.35. The third-order valence-corrected chi connectivity index (χ3v) is 4.06. The highest BCUT2D eigenvalue weighted by Crippen LogP contribution is 2.36. The number of likely N-dealkylation sites (N-methyl/N-ethyl adjacent to an activating group) is 1. The number of rotatable bonds is 8. The highest BCUT2D eigenvalue weighted by atomic mass is 19.1. The Morgan fingerprint density at radius 2 is 2.15 bits per heavy atom. The van der Waals surface area contributed by atoms with Gasteiger partial charge < -0.3 is 15.0 Å². The van der Waals surface area contributed by atoms with Crippen molar-refractivity contribution < 1.29 is 9.13 Å². The number of methoxy groups -OCH3 is 1. The Labute approximate surface area is 121 Å². The Hall–Kier alpha value is -0.970. The Bertz CT molecular complexity index is 407. The molecule has 0 aliphatic heterocycles. The van der Waals surface area contributed by atoms with Gasteiger partial charge in [0.15, 0.2) is 0 Å². The molecule has 0 spiro atoms. The van der Waals surface area contributed by atoms with Crippen LogP contribution >= 0.6 is 0 Å². The number of hydrogen-bond donors (Lipinski definition) is 1. The van der Waals surface area contributed by atoms with Crippen molar-refractivity contribution in [2.24, 2.45) is 0 Å². The minimum atomic E-state index is -0.126. The van der Waals surface area contributed by atoms with E-state index in [2.05, 4.69) is 17.3 Å². The van der Waals surface area contributed by atoms with Gasteiger partial charge in [-0.25, -0.2) is 4.39 Å². The summed E-state index contributed by atoms with van der Waals surface area (Å²) in [6, 6.07) is 7.59. The van der Waals surface area contributed by atoms with E-state index >= 15 is 0 Å². The van der Waals surface area contributed by atoms with Crippen LogP contribution < -0.4 is 5.32 Å². The maximum atomic E-state index is 13.1. The summed E-state index contributed by atoms with van der Waals surface area (Å²) in [5, 5.41) is 3.56. The summed E-state index contributed by atoms with van der Waals surface area (Å²) in [5.74, 6) is 0.396. The molecule has 0 aromatic heterocycles. The molecule has 0 bridgehead atoms. The van der Waals surface area contributed by atoms with Crippen LogP contribution in [0.1, 0.15) is 24.3 Å². The van der Waals surface area contributed by atoms with Crippen molar-refractivity contribution in [2.45, 2.75) is 24.8 Å². The normalized spacial score (nSPS) is 22.0. The number of nitrogens with one attached hydrogen (secondary N) is 1. The molecule has 0 radical (unpaired) electrons. The molecule has 1 N–H and O–H groups in total. The quantitative estimate of drug-likeness (QED) is 0.790. The van der Waals surface area contributed by atoms with Gasteiger partial charge in [-0.05, 0) is 43.5 Å². The predicted octanol–water partition coefficient (Wildman–Crippen LogP) is 2.24. The number of hydrogen-bond acceptors (Lipinski definition) is 3. The first kappa shape index (κ1) is 15.4. The van der Waals surface area contributed by atoms with Crippen LogP contribution in [0.25, 0.3) is 0 Å². The smallest absolute Gasteiger partial charge is 0.123 e. The third kappa shape index (κ3) is 4.54. The molecule has 4 heteroatoms. The molecule has 0 atom stereocenters. The molecule has 0 unspecified atom stereocenters. The van der Waals surface area contributed by atoms with Crippen LogP contribution in [-0.2, 0) is 4.74 Å². The van der Waals surface area contributed by atoms with E-state index in [1.807, 2.05) is 6.07 Å². The Morgan fingerprint density at radius 3 is 2.85 bits per heavy atom. The Kier molecular flexibility index (Phi) is 5.95. The molecule has 1 aliphatic carbocycles. The van der Waals surface area contributed by atoms with E-state index in [4.69, 9.17) is 4.74 Å². The van der Waals surface area contributed by atoms with E-state index in [1.165, 1.54) is 6.07 Å². The lowest BCUT2D eigenvalue weighted by Crippen LogP contribution is -2.43. The van der Waals surface area contributed by atoms with Crippen LogP contribution in [-0.4, -0.2) is 51.3 Å². The second kappa shape index (κ2) is 7.72. The van der Waals surface area contributed by atoms with Gasteiger partial charge in [0.25, 0.3) is 0 Å². The average Bonchev–Trinajstić information content (AvgIpc) is 2.39. The highest BCUT2D eigenvalue weighted by Gasteiger charge is 2.29. The summed E-state index contributed by atoms with van der Waals surface area (Å²) in [5.41, 5.74) is 1.14. The van der Waals surface area contributed by atoms with Crippen molar-refractivity contribution in [3.63, 3.8) is 0 Å². The van der Waals surface area contributed by atoms with Gasteiger partial charge in [-0.3, -0.25) is 0 Å². The standard InChI is InChI=1S/C16H25FN2O/c1-19(8-9-20-2)7-6-18-16-11-14(12-16)13-4-3-5-15(17)10-13/h3-5,10,14,16,18H,6-9,11-12H2,1-2H3. The maximum Gasteiger partial charge on any atom is 0.123 e. The second-order valence-electron chi connectivity index (χ2n) is 5.67. The fourth-order valence-corrected chi connectivity index (χ4v) is 2.64. The zero-order chi connectivity index (χ0) is 14.4. The van der Waals surface area contributed by atoms with Crippen molar-refractivity contribution in [1.29, 1.82) is 0 Å². The van der Waals surface area contributed by atoms with Crippen LogP contribution in [0.5, 0.6) is 0 Å². The summed E-state index contributed by atoms with van der Waals surface area (Å²) in [7, 11) is 3.84. The average molecular weight is 280 g/mol. The van der Waals surface area contributed by atoms with Gasteiger partial charge in [0, 0.05) is 32.8 Å². The van der Waals surface area contributed by atoms with Crippen molar-refractivity contribution in [3.8, 4) is 0 Å². The van der Waals surface area contributed by atoms with Gasteiger partial charge in [-0.15, -0.1) is 0 Å². The zero-order valence-corrected chi connectivity index (χ0v) is 12.4. The molecule has 2 rings (SSSR count). The van der Waals surface area contributed by atoms with Gasteiger partial charge in [0.1, 0.15) is 5.82 Å². The highest BCUT2D eigenvalue weighted by molar-refractivity contribution is 5.23. The molecule has 3 nitrogen and oxygen atoms in total. The lowest BCUT2D eigenvalue weighted by atomic mass is 9.76. The van der Waals surface area contributed by atoms with Gasteiger partial charge in [0.2, 0.25) is 0 Å². The van der Waals surface area contributed by atoms with E-state index in [9.17, 15) is 4.39 Å². The molecule has 1 aliphatic rings. The van der Waals surface area contributed by atoms with E-state index in [1.54, 1.807) is 19.2 Å². The number of benzene rings is 1. The molecule has 1 aromatic rings. The fraction of sp³-hybridized carbons (Fsp3) is 0.625. The topological polar surface area (TPSA) is 24.5 Å². The van der Waals surface area contributed by atoms with Crippen LogP contribution in [0.3, 0.4) is 0 Å². The lowest BCUT2D eigenvalue weighted by molar-refractivity contribution is 0.159. The van der Waals surface area contributed by atoms with Crippen LogP contribution in [0.2, 0.25) is 0 Å². The zero-order valence-electron chi connectivity index (χ0n) is 12.4. The number of ether oxygens (including phenoxy) is 1.